The van der Waals surface area contributed by atoms with Gasteiger partial charge in [0, 0.05) is 11.3 Å². The van der Waals surface area contributed by atoms with Crippen LogP contribution in [0, 0.1) is 6.92 Å². The van der Waals surface area contributed by atoms with Gasteiger partial charge in [0.15, 0.2) is 0 Å². The van der Waals surface area contributed by atoms with E-state index in [1.165, 1.54) is 0 Å². The van der Waals surface area contributed by atoms with Crippen molar-refractivity contribution < 1.29 is 15.0 Å². The Morgan fingerprint density at radius 3 is 2.33 bits per heavy atom. The lowest BCUT2D eigenvalue weighted by Gasteiger charge is -2.23. The van der Waals surface area contributed by atoms with Crippen LogP contribution in [0.5, 0.6) is 5.75 Å². The molecule has 0 aromatic heterocycles. The third kappa shape index (κ3) is 3.15. The average Bonchev–Trinajstić information content (AvgIpc) is 2.21. The lowest BCUT2D eigenvalue weighted by Crippen LogP contribution is -2.25. The topological polar surface area (TPSA) is 69.6 Å². The fourth-order valence-corrected chi connectivity index (χ4v) is 1.75. The molecule has 4 heteroatoms. The Hall–Kier alpha value is -1.71. The molecule has 0 saturated carbocycles. The van der Waals surface area contributed by atoms with Crippen molar-refractivity contribution in [2.45, 2.75) is 46.1 Å². The second kappa shape index (κ2) is 4.88. The molecule has 0 aliphatic carbocycles. The minimum absolute atomic E-state index is 0.195. The first-order valence-corrected chi connectivity index (χ1v) is 5.96. The molecule has 0 bridgehead atoms. The molecule has 0 spiro atoms. The highest BCUT2D eigenvalue weighted by molar-refractivity contribution is 5.77. The first-order chi connectivity index (χ1) is 8.12. The largest absolute Gasteiger partial charge is 0.507 e. The lowest BCUT2D eigenvalue weighted by molar-refractivity contribution is -0.137. The predicted octanol–water partition coefficient (Wildman–Crippen LogP) is 2.88. The highest BCUT2D eigenvalue weighted by atomic mass is 16.4. The van der Waals surface area contributed by atoms with E-state index in [4.69, 9.17) is 5.11 Å². The number of aromatic hydroxyl groups is 1. The molecular formula is C14H21NO3. The van der Waals surface area contributed by atoms with E-state index in [1.807, 2.05) is 26.8 Å². The predicted molar refractivity (Wildman–Crippen MR) is 72.3 cm³/mol. The van der Waals surface area contributed by atoms with Gasteiger partial charge in [0.25, 0.3) is 0 Å². The highest BCUT2D eigenvalue weighted by Gasteiger charge is 2.21. The molecule has 0 unspecified atom stereocenters. The number of hydrogen-bond donors (Lipinski definition) is 3. The van der Waals surface area contributed by atoms with Crippen molar-refractivity contribution in [1.29, 1.82) is 0 Å². The SMILES string of the molecule is Cc1cc(N[C@@H](C)C(=O)O)cc(C(C)(C)C)c1O. The van der Waals surface area contributed by atoms with Crippen LogP contribution in [0.1, 0.15) is 38.8 Å². The number of carbonyl (C=O) groups is 1. The normalized spacial score (nSPS) is 13.2. The fraction of sp³-hybridized carbons (Fsp3) is 0.500. The minimum Gasteiger partial charge on any atom is -0.507 e. The van der Waals surface area contributed by atoms with Crippen LogP contribution in [-0.2, 0) is 10.2 Å². The van der Waals surface area contributed by atoms with Crippen molar-refractivity contribution >= 4 is 11.7 Å². The lowest BCUT2D eigenvalue weighted by atomic mass is 9.85. The van der Waals surface area contributed by atoms with E-state index in [1.54, 1.807) is 19.9 Å². The number of phenols is 1. The van der Waals surface area contributed by atoms with Gasteiger partial charge in [-0.25, -0.2) is 0 Å². The summed E-state index contributed by atoms with van der Waals surface area (Å²) in [5, 5.41) is 21.9. The number of hydrogen-bond acceptors (Lipinski definition) is 3. The number of nitrogens with one attached hydrogen (secondary N) is 1. The molecule has 1 aromatic rings. The third-order valence-corrected chi connectivity index (χ3v) is 2.86. The Kier molecular flexibility index (Phi) is 3.89. The van der Waals surface area contributed by atoms with Crippen molar-refractivity contribution in [2.75, 3.05) is 5.32 Å². The Balaban J connectivity index is 3.17. The average molecular weight is 251 g/mol. The van der Waals surface area contributed by atoms with Crippen LogP contribution in [0.4, 0.5) is 5.69 Å². The van der Waals surface area contributed by atoms with Crippen LogP contribution in [-0.4, -0.2) is 22.2 Å². The molecule has 0 radical (unpaired) electrons. The highest BCUT2D eigenvalue weighted by Crippen LogP contribution is 2.35. The summed E-state index contributed by atoms with van der Waals surface area (Å²) >= 11 is 0. The number of benzene rings is 1. The second-order valence-corrected chi connectivity index (χ2v) is 5.64. The number of carboxylic acid groups (broad SMARTS) is 1. The molecule has 1 aromatic carbocycles. The van der Waals surface area contributed by atoms with Crippen molar-refractivity contribution in [1.82, 2.24) is 0 Å². The molecule has 0 heterocycles. The van der Waals surface area contributed by atoms with Gasteiger partial charge >= 0.3 is 5.97 Å². The van der Waals surface area contributed by atoms with E-state index in [9.17, 15) is 9.90 Å². The zero-order chi connectivity index (χ0) is 14.1. The Labute approximate surface area is 108 Å². The van der Waals surface area contributed by atoms with Crippen molar-refractivity contribution in [3.05, 3.63) is 23.3 Å². The summed E-state index contributed by atoms with van der Waals surface area (Å²) in [6.45, 7) is 9.41. The van der Waals surface area contributed by atoms with Crippen molar-refractivity contribution in [3.63, 3.8) is 0 Å². The van der Waals surface area contributed by atoms with Crippen LogP contribution in [0.15, 0.2) is 12.1 Å². The van der Waals surface area contributed by atoms with E-state index in [0.717, 1.165) is 11.1 Å². The maximum absolute atomic E-state index is 10.8. The first-order valence-electron chi connectivity index (χ1n) is 5.96. The fourth-order valence-electron chi connectivity index (χ4n) is 1.75. The molecule has 0 aliphatic rings. The van der Waals surface area contributed by atoms with Gasteiger partial charge in [0.05, 0.1) is 0 Å². The van der Waals surface area contributed by atoms with Crippen LogP contribution < -0.4 is 5.32 Å². The molecule has 100 valence electrons. The summed E-state index contributed by atoms with van der Waals surface area (Å²) in [7, 11) is 0. The number of aliphatic carboxylic acids is 1. The number of rotatable bonds is 3. The maximum Gasteiger partial charge on any atom is 0.325 e. The molecule has 0 aliphatic heterocycles. The Morgan fingerprint density at radius 1 is 1.33 bits per heavy atom. The third-order valence-electron chi connectivity index (χ3n) is 2.86. The molecule has 1 rings (SSSR count). The second-order valence-electron chi connectivity index (χ2n) is 5.64. The van der Waals surface area contributed by atoms with Gasteiger partial charge in [-0.2, -0.15) is 0 Å². The Bertz CT molecular complexity index is 461. The molecule has 0 saturated heterocycles. The van der Waals surface area contributed by atoms with Crippen LogP contribution in [0.2, 0.25) is 0 Å². The van der Waals surface area contributed by atoms with E-state index in [-0.39, 0.29) is 11.2 Å². The molecule has 0 amide bonds. The minimum atomic E-state index is -0.905. The van der Waals surface area contributed by atoms with Crippen molar-refractivity contribution in [2.24, 2.45) is 0 Å². The smallest absolute Gasteiger partial charge is 0.325 e. The summed E-state index contributed by atoms with van der Waals surface area (Å²) < 4.78 is 0. The molecule has 1 atom stereocenters. The summed E-state index contributed by atoms with van der Waals surface area (Å²) in [6, 6.07) is 2.90. The van der Waals surface area contributed by atoms with Crippen LogP contribution in [0.25, 0.3) is 0 Å². The molecule has 3 N–H and O–H groups in total. The van der Waals surface area contributed by atoms with Gasteiger partial charge in [-0.1, -0.05) is 20.8 Å². The van der Waals surface area contributed by atoms with Crippen LogP contribution >= 0.6 is 0 Å². The van der Waals surface area contributed by atoms with E-state index in [2.05, 4.69) is 5.32 Å². The number of anilines is 1. The zero-order valence-electron chi connectivity index (χ0n) is 11.5. The van der Waals surface area contributed by atoms with Gasteiger partial charge in [0.1, 0.15) is 11.8 Å². The summed E-state index contributed by atoms with van der Waals surface area (Å²) in [5.41, 5.74) is 2.06. The Morgan fingerprint density at radius 2 is 1.89 bits per heavy atom. The van der Waals surface area contributed by atoms with Gasteiger partial charge in [0.2, 0.25) is 0 Å². The summed E-state index contributed by atoms with van der Waals surface area (Å²) in [5.74, 6) is -0.630. The molecule has 4 nitrogen and oxygen atoms in total. The summed E-state index contributed by atoms with van der Waals surface area (Å²) in [4.78, 5) is 10.8. The number of aryl methyl sites for hydroxylation is 1. The summed E-state index contributed by atoms with van der Waals surface area (Å²) in [6.07, 6.45) is 0. The van der Waals surface area contributed by atoms with Gasteiger partial charge in [-0.3, -0.25) is 4.79 Å². The van der Waals surface area contributed by atoms with Gasteiger partial charge in [-0.05, 0) is 37.0 Å². The maximum atomic E-state index is 10.8. The first kappa shape index (κ1) is 14.4. The zero-order valence-corrected chi connectivity index (χ0v) is 11.5. The van der Waals surface area contributed by atoms with Crippen LogP contribution in [0.3, 0.4) is 0 Å². The van der Waals surface area contributed by atoms with Gasteiger partial charge < -0.3 is 15.5 Å². The number of phenolic OH excluding ortho intramolecular Hbond substituents is 1. The monoisotopic (exact) mass is 251 g/mol. The quantitative estimate of drug-likeness (QED) is 0.722. The van der Waals surface area contributed by atoms with E-state index < -0.39 is 12.0 Å². The van der Waals surface area contributed by atoms with E-state index in [0.29, 0.717) is 5.69 Å². The molecular weight excluding hydrogens is 230 g/mol. The molecule has 18 heavy (non-hydrogen) atoms. The molecule has 0 fully saturated rings. The van der Waals surface area contributed by atoms with Crippen molar-refractivity contribution in [3.8, 4) is 5.75 Å². The van der Waals surface area contributed by atoms with Gasteiger partial charge in [-0.15, -0.1) is 0 Å². The van der Waals surface area contributed by atoms with E-state index >= 15 is 0 Å². The standard InChI is InChI=1S/C14H21NO3/c1-8-6-10(15-9(2)13(17)18)7-11(12(8)16)14(3,4)5/h6-7,9,15-16H,1-5H3,(H,17,18)/t9-/m0/s1. The number of carboxylic acids is 1.